The van der Waals surface area contributed by atoms with Crippen molar-refractivity contribution in [2.75, 3.05) is 5.32 Å². The molecule has 116 valence electrons. The molecule has 1 heteroatoms. The summed E-state index contributed by atoms with van der Waals surface area (Å²) in [6.45, 7) is 5.38. The van der Waals surface area contributed by atoms with Crippen LogP contribution in [0.15, 0.2) is 71.8 Å². The van der Waals surface area contributed by atoms with Crippen molar-refractivity contribution in [1.29, 1.82) is 0 Å². The zero-order valence-electron chi connectivity index (χ0n) is 13.8. The van der Waals surface area contributed by atoms with E-state index in [1.807, 2.05) is 0 Å². The highest BCUT2D eigenvalue weighted by atomic mass is 14.9. The average molecular weight is 301 g/mol. The van der Waals surface area contributed by atoms with Gasteiger partial charge in [-0.1, -0.05) is 65.8 Å². The number of benzene rings is 2. The molecular weight excluding hydrogens is 278 g/mol. The fraction of sp³-hybridized carbons (Fsp3) is 0.273. The molecule has 2 aromatic carbocycles. The normalized spacial score (nSPS) is 21.2. The second-order valence-corrected chi connectivity index (χ2v) is 6.81. The third-order valence-corrected chi connectivity index (χ3v) is 5.19. The number of nitrogens with one attached hydrogen (secondary N) is 1. The van der Waals surface area contributed by atoms with Gasteiger partial charge in [-0.15, -0.1) is 0 Å². The molecule has 2 aromatic rings. The second kappa shape index (κ2) is 5.73. The highest BCUT2D eigenvalue weighted by molar-refractivity contribution is 5.68. The van der Waals surface area contributed by atoms with Gasteiger partial charge in [-0.3, -0.25) is 0 Å². The van der Waals surface area contributed by atoms with Gasteiger partial charge in [0, 0.05) is 24.1 Å². The summed E-state index contributed by atoms with van der Waals surface area (Å²) < 4.78 is 0. The Bertz CT molecular complexity index is 779. The Labute approximate surface area is 138 Å². The molecule has 1 N–H and O–H groups in total. The molecule has 23 heavy (non-hydrogen) atoms. The Morgan fingerprint density at radius 3 is 2.65 bits per heavy atom. The highest BCUT2D eigenvalue weighted by Gasteiger charge is 2.41. The first-order chi connectivity index (χ1) is 11.3. The van der Waals surface area contributed by atoms with Crippen molar-refractivity contribution < 1.29 is 0 Å². The van der Waals surface area contributed by atoms with Crippen LogP contribution in [0, 0.1) is 0 Å². The lowest BCUT2D eigenvalue weighted by molar-refractivity contribution is 0.582. The van der Waals surface area contributed by atoms with Crippen molar-refractivity contribution in [2.45, 2.75) is 38.6 Å². The van der Waals surface area contributed by atoms with E-state index in [9.17, 15) is 0 Å². The summed E-state index contributed by atoms with van der Waals surface area (Å²) in [5, 5.41) is 3.65. The van der Waals surface area contributed by atoms with Crippen molar-refractivity contribution >= 4 is 5.69 Å². The van der Waals surface area contributed by atoms with E-state index < -0.39 is 0 Å². The second-order valence-electron chi connectivity index (χ2n) is 6.81. The Balaban J connectivity index is 1.64. The molecule has 0 spiro atoms. The summed E-state index contributed by atoms with van der Waals surface area (Å²) in [4.78, 5) is 0. The van der Waals surface area contributed by atoms with Crippen molar-refractivity contribution in [3.05, 3.63) is 88.5 Å². The van der Waals surface area contributed by atoms with Gasteiger partial charge in [-0.05, 0) is 43.0 Å². The number of hydrogen-bond acceptors (Lipinski definition) is 1. The van der Waals surface area contributed by atoms with Gasteiger partial charge in [0.2, 0.25) is 0 Å². The van der Waals surface area contributed by atoms with E-state index >= 15 is 0 Å². The lowest BCUT2D eigenvalue weighted by atomic mass is 9.60. The lowest BCUT2D eigenvalue weighted by Crippen LogP contribution is -2.28. The van der Waals surface area contributed by atoms with Crippen molar-refractivity contribution in [3.63, 3.8) is 0 Å². The minimum absolute atomic E-state index is 0.558. The summed E-state index contributed by atoms with van der Waals surface area (Å²) in [6, 6.07) is 17.3. The minimum atomic E-state index is 0.558. The SMILES string of the molecule is CC(C)=C1CC=CC2c3c(NCc4ccccc4)cccc3C12. The first-order valence-corrected chi connectivity index (χ1v) is 8.49. The van der Waals surface area contributed by atoms with Crippen LogP contribution >= 0.6 is 0 Å². The third-order valence-electron chi connectivity index (χ3n) is 5.19. The maximum atomic E-state index is 3.65. The van der Waals surface area contributed by atoms with E-state index in [2.05, 4.69) is 79.8 Å². The number of anilines is 1. The third kappa shape index (κ3) is 2.41. The number of rotatable bonds is 3. The van der Waals surface area contributed by atoms with Crippen LogP contribution < -0.4 is 5.32 Å². The Morgan fingerprint density at radius 2 is 1.87 bits per heavy atom. The summed E-state index contributed by atoms with van der Waals surface area (Å²) >= 11 is 0. The smallest absolute Gasteiger partial charge is 0.0400 e. The van der Waals surface area contributed by atoms with E-state index in [4.69, 9.17) is 0 Å². The largest absolute Gasteiger partial charge is 0.381 e. The van der Waals surface area contributed by atoms with Crippen LogP contribution in [0.3, 0.4) is 0 Å². The van der Waals surface area contributed by atoms with Gasteiger partial charge in [0.15, 0.2) is 0 Å². The van der Waals surface area contributed by atoms with Gasteiger partial charge < -0.3 is 5.32 Å². The van der Waals surface area contributed by atoms with Crippen LogP contribution in [0.5, 0.6) is 0 Å². The molecule has 2 atom stereocenters. The van der Waals surface area contributed by atoms with Gasteiger partial charge in [-0.2, -0.15) is 0 Å². The van der Waals surface area contributed by atoms with E-state index in [0.29, 0.717) is 11.8 Å². The first-order valence-electron chi connectivity index (χ1n) is 8.49. The molecule has 0 saturated carbocycles. The van der Waals surface area contributed by atoms with Crippen molar-refractivity contribution in [2.24, 2.45) is 0 Å². The fourth-order valence-electron chi connectivity index (χ4n) is 4.03. The Kier molecular flexibility index (Phi) is 3.57. The van der Waals surface area contributed by atoms with E-state index in [-0.39, 0.29) is 0 Å². The molecule has 2 aliphatic carbocycles. The van der Waals surface area contributed by atoms with Crippen LogP contribution in [-0.4, -0.2) is 0 Å². The molecule has 0 amide bonds. The molecule has 2 aliphatic rings. The zero-order chi connectivity index (χ0) is 15.8. The molecule has 0 bridgehead atoms. The van der Waals surface area contributed by atoms with Gasteiger partial charge in [0.25, 0.3) is 0 Å². The van der Waals surface area contributed by atoms with Gasteiger partial charge in [-0.25, -0.2) is 0 Å². The van der Waals surface area contributed by atoms with Crippen LogP contribution in [-0.2, 0) is 6.54 Å². The predicted molar refractivity (Wildman–Crippen MR) is 97.8 cm³/mol. The molecule has 0 heterocycles. The quantitative estimate of drug-likeness (QED) is 0.709. The maximum Gasteiger partial charge on any atom is 0.0400 e. The van der Waals surface area contributed by atoms with Crippen LogP contribution in [0.2, 0.25) is 0 Å². The van der Waals surface area contributed by atoms with E-state index in [1.165, 1.54) is 28.0 Å². The summed E-state index contributed by atoms with van der Waals surface area (Å²) in [5.74, 6) is 1.17. The fourth-order valence-corrected chi connectivity index (χ4v) is 4.03. The van der Waals surface area contributed by atoms with Crippen LogP contribution in [0.25, 0.3) is 0 Å². The molecule has 0 saturated heterocycles. The number of hydrogen-bond donors (Lipinski definition) is 1. The summed E-state index contributed by atoms with van der Waals surface area (Å²) in [6.07, 6.45) is 5.87. The molecule has 1 nitrogen and oxygen atoms in total. The Morgan fingerprint density at radius 1 is 1.04 bits per heavy atom. The van der Waals surface area contributed by atoms with E-state index in [0.717, 1.165) is 13.0 Å². The highest BCUT2D eigenvalue weighted by Crippen LogP contribution is 2.57. The lowest BCUT2D eigenvalue weighted by Gasteiger charge is -2.44. The molecule has 4 rings (SSSR count). The molecule has 0 aliphatic heterocycles. The molecule has 2 unspecified atom stereocenters. The average Bonchev–Trinajstić information content (AvgIpc) is 2.57. The molecule has 0 aromatic heterocycles. The standard InChI is InChI=1S/C22H23N/c1-15(2)17-10-6-11-18-21(17)19-12-7-13-20(22(18)19)23-14-16-8-4-3-5-9-16/h3-9,11-13,18,21,23H,10,14H2,1-2H3. The summed E-state index contributed by atoms with van der Waals surface area (Å²) in [7, 11) is 0. The van der Waals surface area contributed by atoms with Crippen molar-refractivity contribution in [3.8, 4) is 0 Å². The Hall–Kier alpha value is -2.28. The number of fused-ring (bicyclic) bond motifs is 4. The molecule has 0 fully saturated rings. The summed E-state index contributed by atoms with van der Waals surface area (Å²) in [5.41, 5.74) is 8.75. The topological polar surface area (TPSA) is 12.0 Å². The zero-order valence-corrected chi connectivity index (χ0v) is 13.8. The van der Waals surface area contributed by atoms with Crippen molar-refractivity contribution in [1.82, 2.24) is 0 Å². The first kappa shape index (κ1) is 14.3. The van der Waals surface area contributed by atoms with Gasteiger partial charge >= 0.3 is 0 Å². The van der Waals surface area contributed by atoms with Crippen LogP contribution in [0.4, 0.5) is 5.69 Å². The van der Waals surface area contributed by atoms with Gasteiger partial charge in [0.1, 0.15) is 0 Å². The number of allylic oxidation sites excluding steroid dienone is 4. The van der Waals surface area contributed by atoms with E-state index in [1.54, 1.807) is 5.57 Å². The predicted octanol–water partition coefficient (Wildman–Crippen LogP) is 5.78. The molecular formula is C22H23N. The van der Waals surface area contributed by atoms with Crippen LogP contribution in [0.1, 0.15) is 48.8 Å². The maximum absolute atomic E-state index is 3.65. The minimum Gasteiger partial charge on any atom is -0.381 e. The monoisotopic (exact) mass is 301 g/mol. The van der Waals surface area contributed by atoms with Gasteiger partial charge in [0.05, 0.1) is 0 Å². The molecule has 0 radical (unpaired) electrons.